The van der Waals surface area contributed by atoms with E-state index in [1.54, 1.807) is 36.4 Å². The minimum absolute atomic E-state index is 0.252. The fourth-order valence-electron chi connectivity index (χ4n) is 2.39. The Morgan fingerprint density at radius 3 is 2.61 bits per heavy atom. The Morgan fingerprint density at radius 1 is 1.13 bits per heavy atom. The maximum atomic E-state index is 12.4. The van der Waals surface area contributed by atoms with Gasteiger partial charge in [0.1, 0.15) is 5.84 Å². The smallest absolute Gasteiger partial charge is 0.261 e. The number of aliphatic imine (C=N–C) groups is 1. The van der Waals surface area contributed by atoms with E-state index in [2.05, 4.69) is 15.0 Å². The van der Waals surface area contributed by atoms with Gasteiger partial charge < -0.3 is 5.32 Å². The zero-order valence-corrected chi connectivity index (χ0v) is 13.7. The Bertz CT molecular complexity index is 827. The molecule has 0 atom stereocenters. The van der Waals surface area contributed by atoms with E-state index in [0.29, 0.717) is 5.69 Å². The van der Waals surface area contributed by atoms with Crippen molar-refractivity contribution < 1.29 is 8.42 Å². The minimum atomic E-state index is -3.59. The molecule has 0 bridgehead atoms. The van der Waals surface area contributed by atoms with Crippen LogP contribution in [0.1, 0.15) is 17.5 Å². The lowest BCUT2D eigenvalue weighted by atomic mass is 10.1. The van der Waals surface area contributed by atoms with Crippen molar-refractivity contribution in [3.05, 3.63) is 59.7 Å². The SMILES string of the molecule is Cc1ccc(S(=O)(=O)Nc2cccc(C3=NCCCN3)c2)cc1. The van der Waals surface area contributed by atoms with Gasteiger partial charge in [-0.2, -0.15) is 0 Å². The predicted octanol–water partition coefficient (Wildman–Crippen LogP) is 2.54. The van der Waals surface area contributed by atoms with Crippen LogP contribution in [0.2, 0.25) is 0 Å². The summed E-state index contributed by atoms with van der Waals surface area (Å²) in [5, 5.41) is 3.24. The Labute approximate surface area is 136 Å². The number of benzene rings is 2. The second kappa shape index (κ2) is 6.42. The number of nitrogens with one attached hydrogen (secondary N) is 2. The van der Waals surface area contributed by atoms with Crippen LogP contribution in [0.4, 0.5) is 5.69 Å². The number of hydrogen-bond acceptors (Lipinski definition) is 4. The van der Waals surface area contributed by atoms with Gasteiger partial charge in [0.05, 0.1) is 4.90 Å². The molecule has 0 radical (unpaired) electrons. The molecular formula is C17H19N3O2S. The highest BCUT2D eigenvalue weighted by Gasteiger charge is 2.15. The maximum Gasteiger partial charge on any atom is 0.261 e. The third kappa shape index (κ3) is 3.71. The number of anilines is 1. The fraction of sp³-hybridized carbons (Fsp3) is 0.235. The van der Waals surface area contributed by atoms with Crippen LogP contribution in [-0.4, -0.2) is 27.3 Å². The third-order valence-electron chi connectivity index (χ3n) is 3.62. The van der Waals surface area contributed by atoms with Crippen LogP contribution in [-0.2, 0) is 10.0 Å². The first-order valence-electron chi connectivity index (χ1n) is 7.53. The molecule has 0 saturated carbocycles. The van der Waals surface area contributed by atoms with Gasteiger partial charge in [-0.25, -0.2) is 8.42 Å². The molecule has 2 aromatic rings. The Balaban J connectivity index is 1.85. The zero-order chi connectivity index (χ0) is 16.3. The number of hydrogen-bond donors (Lipinski definition) is 2. The number of nitrogens with zero attached hydrogens (tertiary/aromatic N) is 1. The van der Waals surface area contributed by atoms with Crippen molar-refractivity contribution in [2.24, 2.45) is 4.99 Å². The molecule has 23 heavy (non-hydrogen) atoms. The molecule has 0 aromatic heterocycles. The van der Waals surface area contributed by atoms with Gasteiger partial charge in [-0.1, -0.05) is 29.8 Å². The molecule has 0 amide bonds. The molecule has 2 aromatic carbocycles. The van der Waals surface area contributed by atoms with Crippen LogP contribution in [0.3, 0.4) is 0 Å². The van der Waals surface area contributed by atoms with Gasteiger partial charge in [-0.05, 0) is 37.6 Å². The Hall–Kier alpha value is -2.34. The summed E-state index contributed by atoms with van der Waals surface area (Å²) < 4.78 is 27.5. The van der Waals surface area contributed by atoms with Gasteiger partial charge >= 0.3 is 0 Å². The summed E-state index contributed by atoms with van der Waals surface area (Å²) in [6.07, 6.45) is 1.02. The third-order valence-corrected chi connectivity index (χ3v) is 5.01. The van der Waals surface area contributed by atoms with Crippen LogP contribution in [0.25, 0.3) is 0 Å². The summed E-state index contributed by atoms with van der Waals surface area (Å²) in [6.45, 7) is 3.60. The Kier molecular flexibility index (Phi) is 4.34. The number of aryl methyl sites for hydroxylation is 1. The number of sulfonamides is 1. The first kappa shape index (κ1) is 15.6. The summed E-state index contributed by atoms with van der Waals surface area (Å²) in [7, 11) is -3.59. The van der Waals surface area contributed by atoms with Gasteiger partial charge in [-0.3, -0.25) is 9.71 Å². The fourth-order valence-corrected chi connectivity index (χ4v) is 3.44. The van der Waals surface area contributed by atoms with Crippen LogP contribution in [0.5, 0.6) is 0 Å². The molecule has 0 saturated heterocycles. The van der Waals surface area contributed by atoms with E-state index in [1.807, 2.05) is 19.1 Å². The van der Waals surface area contributed by atoms with E-state index in [9.17, 15) is 8.42 Å². The predicted molar refractivity (Wildman–Crippen MR) is 92.5 cm³/mol. The van der Waals surface area contributed by atoms with Crippen molar-refractivity contribution in [3.8, 4) is 0 Å². The van der Waals surface area contributed by atoms with Crippen LogP contribution >= 0.6 is 0 Å². The molecule has 0 fully saturated rings. The van der Waals surface area contributed by atoms with Gasteiger partial charge in [0.15, 0.2) is 0 Å². The molecule has 2 N–H and O–H groups in total. The maximum absolute atomic E-state index is 12.4. The molecule has 0 aliphatic carbocycles. The molecule has 1 aliphatic heterocycles. The quantitative estimate of drug-likeness (QED) is 0.905. The Morgan fingerprint density at radius 2 is 1.91 bits per heavy atom. The minimum Gasteiger partial charge on any atom is -0.370 e. The summed E-state index contributed by atoms with van der Waals surface area (Å²) in [5.74, 6) is 0.813. The van der Waals surface area contributed by atoms with Crippen LogP contribution in [0.15, 0.2) is 58.4 Å². The van der Waals surface area contributed by atoms with E-state index in [0.717, 1.165) is 36.5 Å². The van der Waals surface area contributed by atoms with Gasteiger partial charge in [0.25, 0.3) is 10.0 Å². The zero-order valence-electron chi connectivity index (χ0n) is 12.9. The van der Waals surface area contributed by atoms with Gasteiger partial charge in [0, 0.05) is 24.3 Å². The van der Waals surface area contributed by atoms with Crippen LogP contribution < -0.4 is 10.0 Å². The lowest BCUT2D eigenvalue weighted by Crippen LogP contribution is -2.30. The molecule has 3 rings (SSSR count). The molecule has 6 heteroatoms. The monoisotopic (exact) mass is 329 g/mol. The molecule has 0 spiro atoms. The average molecular weight is 329 g/mol. The summed E-state index contributed by atoms with van der Waals surface area (Å²) in [4.78, 5) is 4.68. The van der Waals surface area contributed by atoms with Gasteiger partial charge in [-0.15, -0.1) is 0 Å². The van der Waals surface area contributed by atoms with Crippen molar-refractivity contribution in [1.29, 1.82) is 0 Å². The highest BCUT2D eigenvalue weighted by Crippen LogP contribution is 2.18. The largest absolute Gasteiger partial charge is 0.370 e. The lowest BCUT2D eigenvalue weighted by Gasteiger charge is -2.15. The normalized spacial score (nSPS) is 14.7. The highest BCUT2D eigenvalue weighted by molar-refractivity contribution is 7.92. The molecule has 0 unspecified atom stereocenters. The summed E-state index contributed by atoms with van der Waals surface area (Å²) >= 11 is 0. The van der Waals surface area contributed by atoms with E-state index in [-0.39, 0.29) is 4.90 Å². The van der Waals surface area contributed by atoms with Crippen LogP contribution in [0, 0.1) is 6.92 Å². The molecule has 5 nitrogen and oxygen atoms in total. The summed E-state index contributed by atoms with van der Waals surface area (Å²) in [5.41, 5.74) is 2.43. The van der Waals surface area contributed by atoms with Crippen molar-refractivity contribution in [2.75, 3.05) is 17.8 Å². The van der Waals surface area contributed by atoms with E-state index in [1.165, 1.54) is 0 Å². The van der Waals surface area contributed by atoms with E-state index < -0.39 is 10.0 Å². The molecular weight excluding hydrogens is 310 g/mol. The van der Waals surface area contributed by atoms with E-state index in [4.69, 9.17) is 0 Å². The van der Waals surface area contributed by atoms with Crippen molar-refractivity contribution in [3.63, 3.8) is 0 Å². The number of amidine groups is 1. The van der Waals surface area contributed by atoms with Crippen molar-refractivity contribution >= 4 is 21.5 Å². The first-order valence-corrected chi connectivity index (χ1v) is 9.01. The standard InChI is InChI=1S/C17H19N3O2S/c1-13-6-8-16(9-7-13)23(21,22)20-15-5-2-4-14(12-15)17-18-10-3-11-19-17/h2,4-9,12,20H,3,10-11H2,1H3,(H,18,19). The second-order valence-electron chi connectivity index (χ2n) is 5.51. The first-order chi connectivity index (χ1) is 11.0. The second-order valence-corrected chi connectivity index (χ2v) is 7.19. The molecule has 120 valence electrons. The average Bonchev–Trinajstić information content (AvgIpc) is 2.56. The molecule has 1 aliphatic rings. The lowest BCUT2D eigenvalue weighted by molar-refractivity contribution is 0.601. The van der Waals surface area contributed by atoms with Gasteiger partial charge in [0.2, 0.25) is 0 Å². The topological polar surface area (TPSA) is 70.6 Å². The number of rotatable bonds is 4. The molecule has 1 heterocycles. The van der Waals surface area contributed by atoms with E-state index >= 15 is 0 Å². The van der Waals surface area contributed by atoms with Crippen molar-refractivity contribution in [1.82, 2.24) is 5.32 Å². The highest BCUT2D eigenvalue weighted by atomic mass is 32.2. The summed E-state index contributed by atoms with van der Waals surface area (Å²) in [6, 6.07) is 14.0. The van der Waals surface area contributed by atoms with Crippen molar-refractivity contribution in [2.45, 2.75) is 18.2 Å².